The van der Waals surface area contributed by atoms with Crippen LogP contribution in [0.15, 0.2) is 34.9 Å². The Morgan fingerprint density at radius 1 is 1.54 bits per heavy atom. The van der Waals surface area contributed by atoms with Gasteiger partial charge in [-0.3, -0.25) is 10.4 Å². The summed E-state index contributed by atoms with van der Waals surface area (Å²) in [5, 5.41) is 7.76. The SMILES string of the molecule is CCCCN=NNc1cccnc1. The Hall–Kier alpha value is -1.45. The Balaban J connectivity index is 2.23. The second-order valence-electron chi connectivity index (χ2n) is 2.67. The zero-order valence-corrected chi connectivity index (χ0v) is 7.77. The van der Waals surface area contributed by atoms with E-state index in [1.165, 1.54) is 0 Å². The Morgan fingerprint density at radius 3 is 3.15 bits per heavy atom. The molecule has 4 heteroatoms. The van der Waals surface area contributed by atoms with Gasteiger partial charge in [0, 0.05) is 6.20 Å². The molecule has 0 atom stereocenters. The van der Waals surface area contributed by atoms with Gasteiger partial charge in [0.15, 0.2) is 0 Å². The standard InChI is InChI=1S/C9H14N4/c1-2-3-7-11-13-12-9-5-4-6-10-8-9/h4-6,8H,2-3,7H2,1H3,(H,11,12). The highest BCUT2D eigenvalue weighted by molar-refractivity contribution is 5.38. The Labute approximate surface area is 78.1 Å². The van der Waals surface area contributed by atoms with Gasteiger partial charge in [-0.25, -0.2) is 0 Å². The number of aromatic nitrogens is 1. The van der Waals surface area contributed by atoms with Crippen molar-refractivity contribution in [3.63, 3.8) is 0 Å². The molecular formula is C9H14N4. The predicted octanol–water partition coefficient (Wildman–Crippen LogP) is 2.66. The topological polar surface area (TPSA) is 49.6 Å². The minimum atomic E-state index is 0.782. The van der Waals surface area contributed by atoms with Crippen LogP contribution in [0.2, 0.25) is 0 Å². The van der Waals surface area contributed by atoms with Crippen molar-refractivity contribution in [1.82, 2.24) is 4.98 Å². The van der Waals surface area contributed by atoms with Gasteiger partial charge in [-0.1, -0.05) is 18.6 Å². The average molecular weight is 178 g/mol. The smallest absolute Gasteiger partial charge is 0.0762 e. The molecule has 1 aromatic heterocycles. The Bertz CT molecular complexity index is 245. The lowest BCUT2D eigenvalue weighted by Crippen LogP contribution is -1.87. The van der Waals surface area contributed by atoms with Crippen LogP contribution in [0.5, 0.6) is 0 Å². The van der Waals surface area contributed by atoms with Gasteiger partial charge in [-0.15, -0.1) is 0 Å². The van der Waals surface area contributed by atoms with Gasteiger partial charge >= 0.3 is 0 Å². The highest BCUT2D eigenvalue weighted by atomic mass is 15.4. The first-order valence-corrected chi connectivity index (χ1v) is 4.46. The van der Waals surface area contributed by atoms with Gasteiger partial charge in [0.2, 0.25) is 0 Å². The molecule has 0 aliphatic heterocycles. The lowest BCUT2D eigenvalue weighted by Gasteiger charge is -1.95. The van der Waals surface area contributed by atoms with Crippen LogP contribution >= 0.6 is 0 Å². The average Bonchev–Trinajstić information content (AvgIpc) is 2.19. The van der Waals surface area contributed by atoms with E-state index in [0.29, 0.717) is 0 Å². The third-order valence-corrected chi connectivity index (χ3v) is 1.52. The molecular weight excluding hydrogens is 164 g/mol. The van der Waals surface area contributed by atoms with E-state index < -0.39 is 0 Å². The Kier molecular flexibility index (Phi) is 4.53. The molecule has 1 N–H and O–H groups in total. The molecule has 0 aromatic carbocycles. The molecule has 0 saturated carbocycles. The quantitative estimate of drug-likeness (QED) is 0.428. The normalized spacial score (nSPS) is 10.5. The molecule has 0 amide bonds. The number of pyridine rings is 1. The number of nitrogens with zero attached hydrogens (tertiary/aromatic N) is 3. The van der Waals surface area contributed by atoms with Crippen molar-refractivity contribution in [1.29, 1.82) is 0 Å². The monoisotopic (exact) mass is 178 g/mol. The van der Waals surface area contributed by atoms with Crippen LogP contribution in [0.4, 0.5) is 5.69 Å². The van der Waals surface area contributed by atoms with E-state index in [4.69, 9.17) is 0 Å². The fourth-order valence-electron chi connectivity index (χ4n) is 0.801. The van der Waals surface area contributed by atoms with Crippen molar-refractivity contribution in [3.05, 3.63) is 24.5 Å². The van der Waals surface area contributed by atoms with Crippen LogP contribution in [0.25, 0.3) is 0 Å². The van der Waals surface area contributed by atoms with Gasteiger partial charge in [0.25, 0.3) is 0 Å². The highest BCUT2D eigenvalue weighted by Crippen LogP contribution is 2.01. The molecule has 0 saturated heterocycles. The highest BCUT2D eigenvalue weighted by Gasteiger charge is 1.85. The lowest BCUT2D eigenvalue weighted by molar-refractivity contribution is 0.772. The molecule has 0 unspecified atom stereocenters. The summed E-state index contributed by atoms with van der Waals surface area (Å²) in [7, 11) is 0. The van der Waals surface area contributed by atoms with E-state index in [2.05, 4.69) is 27.7 Å². The lowest BCUT2D eigenvalue weighted by atomic mass is 10.3. The fourth-order valence-corrected chi connectivity index (χ4v) is 0.801. The minimum absolute atomic E-state index is 0.782. The summed E-state index contributed by atoms with van der Waals surface area (Å²) in [5.41, 5.74) is 3.66. The van der Waals surface area contributed by atoms with Crippen molar-refractivity contribution < 1.29 is 0 Å². The molecule has 0 radical (unpaired) electrons. The van der Waals surface area contributed by atoms with Gasteiger partial charge in [0.1, 0.15) is 0 Å². The largest absolute Gasteiger partial charge is 0.263 e. The number of hydrogen-bond donors (Lipinski definition) is 1. The molecule has 1 rings (SSSR count). The van der Waals surface area contributed by atoms with Crippen molar-refractivity contribution in [2.24, 2.45) is 10.3 Å². The summed E-state index contributed by atoms with van der Waals surface area (Å²) in [6.45, 7) is 2.91. The van der Waals surface area contributed by atoms with Crippen LogP contribution in [0, 0.1) is 0 Å². The molecule has 1 aromatic rings. The van der Waals surface area contributed by atoms with Gasteiger partial charge in [-0.2, -0.15) is 5.11 Å². The summed E-state index contributed by atoms with van der Waals surface area (Å²) in [5.74, 6) is 0. The first-order valence-electron chi connectivity index (χ1n) is 4.46. The number of hydrogen-bond acceptors (Lipinski definition) is 3. The molecule has 70 valence electrons. The molecule has 1 heterocycles. The molecule has 4 nitrogen and oxygen atoms in total. The van der Waals surface area contributed by atoms with Crippen LogP contribution in [-0.4, -0.2) is 11.5 Å². The summed E-state index contributed by atoms with van der Waals surface area (Å²) in [6, 6.07) is 3.75. The van der Waals surface area contributed by atoms with Crippen LogP contribution < -0.4 is 5.43 Å². The van der Waals surface area contributed by atoms with E-state index in [9.17, 15) is 0 Å². The van der Waals surface area contributed by atoms with Crippen molar-refractivity contribution in [3.8, 4) is 0 Å². The van der Waals surface area contributed by atoms with Gasteiger partial charge in [-0.05, 0) is 18.6 Å². The minimum Gasteiger partial charge on any atom is -0.263 e. The van der Waals surface area contributed by atoms with E-state index in [-0.39, 0.29) is 0 Å². The molecule has 0 aliphatic rings. The van der Waals surface area contributed by atoms with Crippen molar-refractivity contribution in [2.45, 2.75) is 19.8 Å². The molecule has 0 bridgehead atoms. The van der Waals surface area contributed by atoms with Crippen LogP contribution in [0.3, 0.4) is 0 Å². The summed E-state index contributed by atoms with van der Waals surface area (Å²) < 4.78 is 0. The second-order valence-corrected chi connectivity index (χ2v) is 2.67. The predicted molar refractivity (Wildman–Crippen MR) is 52.5 cm³/mol. The van der Waals surface area contributed by atoms with Gasteiger partial charge < -0.3 is 0 Å². The third kappa shape index (κ3) is 4.20. The third-order valence-electron chi connectivity index (χ3n) is 1.52. The van der Waals surface area contributed by atoms with E-state index in [1.807, 2.05) is 12.1 Å². The maximum Gasteiger partial charge on any atom is 0.0762 e. The maximum atomic E-state index is 3.94. The van der Waals surface area contributed by atoms with Crippen molar-refractivity contribution >= 4 is 5.69 Å². The number of nitrogens with one attached hydrogen (secondary N) is 1. The molecule has 0 spiro atoms. The molecule has 0 aliphatic carbocycles. The zero-order chi connectivity index (χ0) is 9.36. The van der Waals surface area contributed by atoms with E-state index >= 15 is 0 Å². The Morgan fingerprint density at radius 2 is 2.46 bits per heavy atom. The number of rotatable bonds is 5. The molecule has 13 heavy (non-hydrogen) atoms. The van der Waals surface area contributed by atoms with Gasteiger partial charge in [0.05, 0.1) is 18.4 Å². The van der Waals surface area contributed by atoms with E-state index in [1.54, 1.807) is 12.4 Å². The van der Waals surface area contributed by atoms with Crippen LogP contribution in [-0.2, 0) is 0 Å². The summed E-state index contributed by atoms with van der Waals surface area (Å²) >= 11 is 0. The second kappa shape index (κ2) is 6.11. The first-order chi connectivity index (χ1) is 6.43. The maximum absolute atomic E-state index is 3.94. The van der Waals surface area contributed by atoms with E-state index in [0.717, 1.165) is 25.1 Å². The van der Waals surface area contributed by atoms with Crippen molar-refractivity contribution in [2.75, 3.05) is 12.0 Å². The zero-order valence-electron chi connectivity index (χ0n) is 7.77. The summed E-state index contributed by atoms with van der Waals surface area (Å²) in [6.07, 6.45) is 5.66. The van der Waals surface area contributed by atoms with Crippen LogP contribution in [0.1, 0.15) is 19.8 Å². The molecule has 0 fully saturated rings. The fraction of sp³-hybridized carbons (Fsp3) is 0.444. The number of anilines is 1. The first kappa shape index (κ1) is 9.64. The number of unbranched alkanes of at least 4 members (excludes halogenated alkanes) is 1. The summed E-state index contributed by atoms with van der Waals surface area (Å²) in [4.78, 5) is 3.94.